The second-order valence-corrected chi connectivity index (χ2v) is 8.17. The van der Waals surface area contributed by atoms with E-state index in [0.29, 0.717) is 36.0 Å². The lowest BCUT2D eigenvalue weighted by atomic mass is 10.2. The highest BCUT2D eigenvalue weighted by Crippen LogP contribution is 2.29. The quantitative estimate of drug-likeness (QED) is 0.439. The first-order chi connectivity index (χ1) is 15.2. The Hall–Kier alpha value is -2.83. The fourth-order valence-corrected chi connectivity index (χ4v) is 3.84. The molecule has 1 N–H and O–H groups in total. The molecule has 1 aliphatic heterocycles. The third-order valence-electron chi connectivity index (χ3n) is 5.02. The van der Waals surface area contributed by atoms with Crippen LogP contribution in [0.2, 0.25) is 0 Å². The van der Waals surface area contributed by atoms with Crippen LogP contribution >= 0.6 is 15.9 Å². The van der Waals surface area contributed by atoms with Crippen molar-refractivity contribution in [2.45, 2.75) is 25.6 Å². The van der Waals surface area contributed by atoms with Crippen LogP contribution in [0.3, 0.4) is 0 Å². The van der Waals surface area contributed by atoms with Crippen LogP contribution in [-0.4, -0.2) is 25.2 Å². The van der Waals surface area contributed by atoms with Crippen LogP contribution in [0.5, 0.6) is 11.5 Å². The number of rotatable bonds is 8. The minimum atomic E-state index is -0.220. The standard InChI is InChI=1S/C25H24BrNO4/c26-21-15-19(12-13-23(21)31-17-20-9-6-14-29-20)25(28)27-22-10-4-5-11-24(22)30-16-18-7-2-1-3-8-18/h1-5,7-8,10-13,15,20H,6,9,14,16-17H2,(H,27,28). The molecule has 31 heavy (non-hydrogen) atoms. The molecular weight excluding hydrogens is 458 g/mol. The molecule has 5 nitrogen and oxygen atoms in total. The predicted octanol–water partition coefficient (Wildman–Crippen LogP) is 5.84. The lowest BCUT2D eigenvalue weighted by Gasteiger charge is -2.14. The SMILES string of the molecule is O=C(Nc1ccccc1OCc1ccccc1)c1ccc(OCC2CCCO2)c(Br)c1. The number of carbonyl (C=O) groups excluding carboxylic acids is 1. The average molecular weight is 482 g/mol. The number of anilines is 1. The zero-order chi connectivity index (χ0) is 21.5. The van der Waals surface area contributed by atoms with Gasteiger partial charge in [0.05, 0.1) is 16.3 Å². The van der Waals surface area contributed by atoms with E-state index in [-0.39, 0.29) is 12.0 Å². The molecule has 1 unspecified atom stereocenters. The van der Waals surface area contributed by atoms with Gasteiger partial charge in [0.2, 0.25) is 0 Å². The number of ether oxygens (including phenoxy) is 3. The molecule has 1 saturated heterocycles. The van der Waals surface area contributed by atoms with E-state index in [1.807, 2.05) is 54.6 Å². The van der Waals surface area contributed by atoms with Gasteiger partial charge in [-0.25, -0.2) is 0 Å². The Bertz CT molecular complexity index is 1020. The maximum atomic E-state index is 12.8. The average Bonchev–Trinajstić information content (AvgIpc) is 3.32. The van der Waals surface area contributed by atoms with Crippen molar-refractivity contribution >= 4 is 27.5 Å². The number of hydrogen-bond acceptors (Lipinski definition) is 4. The zero-order valence-corrected chi connectivity index (χ0v) is 18.6. The van der Waals surface area contributed by atoms with E-state index in [2.05, 4.69) is 21.2 Å². The normalized spacial score (nSPS) is 15.5. The van der Waals surface area contributed by atoms with E-state index in [1.165, 1.54) is 0 Å². The number of para-hydroxylation sites is 2. The fourth-order valence-electron chi connectivity index (χ4n) is 3.34. The molecule has 0 radical (unpaired) electrons. The molecule has 4 rings (SSSR count). The molecule has 3 aromatic carbocycles. The van der Waals surface area contributed by atoms with Crippen molar-refractivity contribution in [3.05, 3.63) is 88.4 Å². The van der Waals surface area contributed by atoms with Crippen molar-refractivity contribution in [1.82, 2.24) is 0 Å². The van der Waals surface area contributed by atoms with Crippen molar-refractivity contribution in [2.24, 2.45) is 0 Å². The summed E-state index contributed by atoms with van der Waals surface area (Å²) in [6, 6.07) is 22.6. The highest BCUT2D eigenvalue weighted by Gasteiger charge is 2.17. The van der Waals surface area contributed by atoms with Gasteiger partial charge in [-0.1, -0.05) is 42.5 Å². The van der Waals surface area contributed by atoms with E-state index in [1.54, 1.807) is 18.2 Å². The molecular formula is C25H24BrNO4. The summed E-state index contributed by atoms with van der Waals surface area (Å²) in [5, 5.41) is 2.94. The molecule has 1 heterocycles. The molecule has 6 heteroatoms. The Balaban J connectivity index is 1.39. The smallest absolute Gasteiger partial charge is 0.255 e. The van der Waals surface area contributed by atoms with Gasteiger partial charge in [0, 0.05) is 12.2 Å². The van der Waals surface area contributed by atoms with E-state index in [0.717, 1.165) is 29.5 Å². The molecule has 1 fully saturated rings. The topological polar surface area (TPSA) is 56.8 Å². The number of halogens is 1. The third kappa shape index (κ3) is 5.87. The van der Waals surface area contributed by atoms with Gasteiger partial charge in [-0.3, -0.25) is 4.79 Å². The van der Waals surface area contributed by atoms with E-state index in [4.69, 9.17) is 14.2 Å². The lowest BCUT2D eigenvalue weighted by molar-refractivity contribution is 0.0677. The molecule has 1 aliphatic rings. The first kappa shape index (κ1) is 21.4. The molecule has 0 bridgehead atoms. The van der Waals surface area contributed by atoms with Crippen LogP contribution in [0.1, 0.15) is 28.8 Å². The summed E-state index contributed by atoms with van der Waals surface area (Å²) in [5.74, 6) is 1.09. The van der Waals surface area contributed by atoms with Crippen molar-refractivity contribution in [2.75, 3.05) is 18.5 Å². The number of carbonyl (C=O) groups is 1. The summed E-state index contributed by atoms with van der Waals surface area (Å²) in [7, 11) is 0. The minimum absolute atomic E-state index is 0.141. The minimum Gasteiger partial charge on any atom is -0.490 e. The van der Waals surface area contributed by atoms with E-state index >= 15 is 0 Å². The maximum Gasteiger partial charge on any atom is 0.255 e. The van der Waals surface area contributed by atoms with E-state index < -0.39 is 0 Å². The van der Waals surface area contributed by atoms with Gasteiger partial charge in [0.1, 0.15) is 24.7 Å². The summed E-state index contributed by atoms with van der Waals surface area (Å²) in [5.41, 5.74) is 2.21. The van der Waals surface area contributed by atoms with Gasteiger partial charge in [0.25, 0.3) is 5.91 Å². The number of benzene rings is 3. The van der Waals surface area contributed by atoms with Crippen LogP contribution in [0.15, 0.2) is 77.3 Å². The van der Waals surface area contributed by atoms with Crippen molar-refractivity contribution in [3.8, 4) is 11.5 Å². The summed E-state index contributed by atoms with van der Waals surface area (Å²) >= 11 is 3.51. The largest absolute Gasteiger partial charge is 0.490 e. The number of hydrogen-bond donors (Lipinski definition) is 1. The first-order valence-corrected chi connectivity index (χ1v) is 11.1. The van der Waals surface area contributed by atoms with Crippen LogP contribution < -0.4 is 14.8 Å². The first-order valence-electron chi connectivity index (χ1n) is 10.3. The fraction of sp³-hybridized carbons (Fsp3) is 0.240. The summed E-state index contributed by atoms with van der Waals surface area (Å²) in [4.78, 5) is 12.8. The Morgan fingerprint density at radius 3 is 2.58 bits per heavy atom. The van der Waals surface area contributed by atoms with Gasteiger partial charge >= 0.3 is 0 Å². The molecule has 3 aromatic rings. The molecule has 1 amide bonds. The molecule has 0 aromatic heterocycles. The van der Waals surface area contributed by atoms with Crippen LogP contribution in [0.25, 0.3) is 0 Å². The molecule has 1 atom stereocenters. The van der Waals surface area contributed by atoms with Gasteiger partial charge in [-0.2, -0.15) is 0 Å². The van der Waals surface area contributed by atoms with E-state index in [9.17, 15) is 4.79 Å². The monoisotopic (exact) mass is 481 g/mol. The van der Waals surface area contributed by atoms with Crippen LogP contribution in [0.4, 0.5) is 5.69 Å². The van der Waals surface area contributed by atoms with Crippen LogP contribution in [0, 0.1) is 0 Å². The zero-order valence-electron chi connectivity index (χ0n) is 17.1. The summed E-state index contributed by atoms with van der Waals surface area (Å²) in [6.45, 7) is 1.73. The number of amides is 1. The Morgan fingerprint density at radius 1 is 1.00 bits per heavy atom. The lowest BCUT2D eigenvalue weighted by Crippen LogP contribution is -2.17. The summed E-state index contributed by atoms with van der Waals surface area (Å²) in [6.07, 6.45) is 2.23. The Kier molecular flexibility index (Phi) is 7.22. The highest BCUT2D eigenvalue weighted by molar-refractivity contribution is 9.10. The molecule has 0 saturated carbocycles. The van der Waals surface area contributed by atoms with Gasteiger partial charge in [-0.15, -0.1) is 0 Å². The third-order valence-corrected chi connectivity index (χ3v) is 5.63. The van der Waals surface area contributed by atoms with Gasteiger partial charge in [0.15, 0.2) is 0 Å². The predicted molar refractivity (Wildman–Crippen MR) is 124 cm³/mol. The van der Waals surface area contributed by atoms with Crippen LogP contribution in [-0.2, 0) is 11.3 Å². The Morgan fingerprint density at radius 2 is 1.81 bits per heavy atom. The second-order valence-electron chi connectivity index (χ2n) is 7.32. The molecule has 0 spiro atoms. The Labute approximate surface area is 190 Å². The molecule has 0 aliphatic carbocycles. The highest BCUT2D eigenvalue weighted by atomic mass is 79.9. The van der Waals surface area contributed by atoms with Crippen molar-refractivity contribution in [1.29, 1.82) is 0 Å². The van der Waals surface area contributed by atoms with Crippen molar-refractivity contribution < 1.29 is 19.0 Å². The second kappa shape index (κ2) is 10.5. The van der Waals surface area contributed by atoms with Gasteiger partial charge < -0.3 is 19.5 Å². The maximum absolute atomic E-state index is 12.8. The molecule has 160 valence electrons. The summed E-state index contributed by atoms with van der Waals surface area (Å²) < 4.78 is 18.1. The van der Waals surface area contributed by atoms with Gasteiger partial charge in [-0.05, 0) is 64.7 Å². The number of nitrogens with one attached hydrogen (secondary N) is 1. The van der Waals surface area contributed by atoms with Crippen molar-refractivity contribution in [3.63, 3.8) is 0 Å².